The smallest absolute Gasteiger partial charge is 0.229 e. The molecular formula is C18H29N6OP. The van der Waals surface area contributed by atoms with Crippen LogP contribution in [0.4, 0.5) is 5.95 Å². The third-order valence-electron chi connectivity index (χ3n) is 5.88. The molecule has 2 atom stereocenters. The summed E-state index contributed by atoms with van der Waals surface area (Å²) in [5, 5.41) is 3.68. The molecule has 0 spiro atoms. The molecule has 0 aromatic carbocycles. The number of rotatable bonds is 3. The lowest BCUT2D eigenvalue weighted by atomic mass is 9.91. The molecule has 0 aliphatic carbocycles. The Morgan fingerprint density at radius 1 is 1.27 bits per heavy atom. The number of nitrogens with zero attached hydrogens (tertiary/aromatic N) is 5. The van der Waals surface area contributed by atoms with Crippen LogP contribution < -0.4 is 9.76 Å². The Kier molecular flexibility index (Phi) is 5.13. The van der Waals surface area contributed by atoms with E-state index in [1.807, 2.05) is 17.3 Å². The van der Waals surface area contributed by atoms with Crippen LogP contribution in [0.1, 0.15) is 45.1 Å². The number of carbonyl (C=O) groups excluding carboxylic acids is 1. The minimum absolute atomic E-state index is 0.181. The van der Waals surface area contributed by atoms with Crippen molar-refractivity contribution in [1.29, 1.82) is 0 Å². The molecule has 8 heteroatoms. The first-order valence-corrected chi connectivity index (χ1v) is 11.1. The van der Waals surface area contributed by atoms with Gasteiger partial charge in [0.2, 0.25) is 11.9 Å². The standard InChI is InChI=1S/C18H29N6OP/c1-13(2)23-11-17-10-21-26(12-23)24(17)18-19-8-16(9-20-18)15-4-6-22(7-5-15)14(3)25/h8-9,13,15,17,21H,4-7,10-12H2,1-3H3. The van der Waals surface area contributed by atoms with Gasteiger partial charge in [0, 0.05) is 51.5 Å². The molecule has 26 heavy (non-hydrogen) atoms. The molecule has 142 valence electrons. The number of hydrogen-bond donors (Lipinski definition) is 1. The zero-order chi connectivity index (χ0) is 18.3. The summed E-state index contributed by atoms with van der Waals surface area (Å²) < 4.78 is 2.43. The maximum Gasteiger partial charge on any atom is 0.229 e. The average Bonchev–Trinajstić information content (AvgIpc) is 2.91. The van der Waals surface area contributed by atoms with Gasteiger partial charge in [-0.1, -0.05) is 0 Å². The van der Waals surface area contributed by atoms with E-state index in [1.54, 1.807) is 6.92 Å². The van der Waals surface area contributed by atoms with E-state index in [-0.39, 0.29) is 5.91 Å². The fourth-order valence-electron chi connectivity index (χ4n) is 4.16. The van der Waals surface area contributed by atoms with E-state index < -0.39 is 8.22 Å². The highest BCUT2D eigenvalue weighted by molar-refractivity contribution is 7.57. The first-order valence-electron chi connectivity index (χ1n) is 9.64. The summed E-state index contributed by atoms with van der Waals surface area (Å²) in [6, 6.07) is 1.07. The van der Waals surface area contributed by atoms with Crippen LogP contribution in [0.5, 0.6) is 0 Å². The average molecular weight is 376 g/mol. The van der Waals surface area contributed by atoms with Crippen molar-refractivity contribution in [2.45, 2.75) is 51.6 Å². The topological polar surface area (TPSA) is 64.6 Å². The van der Waals surface area contributed by atoms with Gasteiger partial charge in [0.1, 0.15) is 0 Å². The van der Waals surface area contributed by atoms with Crippen LogP contribution >= 0.6 is 8.22 Å². The van der Waals surface area contributed by atoms with E-state index in [4.69, 9.17) is 9.97 Å². The summed E-state index contributed by atoms with van der Waals surface area (Å²) in [7, 11) is -0.404. The van der Waals surface area contributed by atoms with Gasteiger partial charge in [-0.25, -0.2) is 9.97 Å². The van der Waals surface area contributed by atoms with Crippen LogP contribution in [-0.4, -0.2) is 70.2 Å². The van der Waals surface area contributed by atoms with Crippen molar-refractivity contribution in [2.75, 3.05) is 37.1 Å². The van der Waals surface area contributed by atoms with Crippen molar-refractivity contribution in [2.24, 2.45) is 0 Å². The molecule has 3 aliphatic rings. The molecular weight excluding hydrogens is 347 g/mol. The molecule has 2 bridgehead atoms. The first kappa shape index (κ1) is 18.1. The molecule has 0 saturated carbocycles. The predicted octanol–water partition coefficient (Wildman–Crippen LogP) is 1.97. The second-order valence-corrected chi connectivity index (χ2v) is 9.69. The fraction of sp³-hybridized carbons (Fsp3) is 0.722. The quantitative estimate of drug-likeness (QED) is 0.814. The summed E-state index contributed by atoms with van der Waals surface area (Å²) in [5.41, 5.74) is 1.21. The molecule has 3 aliphatic heterocycles. The lowest BCUT2D eigenvalue weighted by molar-refractivity contribution is -0.129. The molecule has 1 N–H and O–H groups in total. The van der Waals surface area contributed by atoms with Gasteiger partial charge in [-0.05, 0) is 38.2 Å². The Hall–Kier alpha value is -1.30. The number of carbonyl (C=O) groups is 1. The van der Waals surface area contributed by atoms with E-state index in [0.29, 0.717) is 18.0 Å². The summed E-state index contributed by atoms with van der Waals surface area (Å²) >= 11 is 0. The number of anilines is 1. The molecule has 1 aromatic heterocycles. The molecule has 3 saturated heterocycles. The van der Waals surface area contributed by atoms with Gasteiger partial charge in [-0.15, -0.1) is 0 Å². The van der Waals surface area contributed by atoms with Crippen LogP contribution in [0, 0.1) is 0 Å². The van der Waals surface area contributed by atoms with Crippen molar-refractivity contribution in [3.05, 3.63) is 18.0 Å². The van der Waals surface area contributed by atoms with E-state index in [2.05, 4.69) is 28.5 Å². The van der Waals surface area contributed by atoms with E-state index in [9.17, 15) is 4.79 Å². The monoisotopic (exact) mass is 376 g/mol. The summed E-state index contributed by atoms with van der Waals surface area (Å²) in [6.45, 7) is 10.00. The van der Waals surface area contributed by atoms with E-state index in [0.717, 1.165) is 51.3 Å². The molecule has 0 radical (unpaired) electrons. The van der Waals surface area contributed by atoms with Gasteiger partial charge in [-0.3, -0.25) is 14.8 Å². The highest BCUT2D eigenvalue weighted by Crippen LogP contribution is 2.48. The molecule has 1 amide bonds. The number of amides is 1. The van der Waals surface area contributed by atoms with Crippen molar-refractivity contribution in [3.8, 4) is 0 Å². The summed E-state index contributed by atoms with van der Waals surface area (Å²) in [4.78, 5) is 25.4. The van der Waals surface area contributed by atoms with Gasteiger partial charge in [-0.2, -0.15) is 0 Å². The zero-order valence-corrected chi connectivity index (χ0v) is 16.8. The number of likely N-dealkylation sites (tertiary alicyclic amines) is 1. The predicted molar refractivity (Wildman–Crippen MR) is 104 cm³/mol. The van der Waals surface area contributed by atoms with E-state index in [1.165, 1.54) is 5.56 Å². The Morgan fingerprint density at radius 2 is 1.96 bits per heavy atom. The zero-order valence-electron chi connectivity index (χ0n) is 15.9. The maximum absolute atomic E-state index is 11.5. The molecule has 4 rings (SSSR count). The van der Waals surface area contributed by atoms with Crippen LogP contribution in [0.2, 0.25) is 0 Å². The largest absolute Gasteiger partial charge is 0.343 e. The Morgan fingerprint density at radius 3 is 2.54 bits per heavy atom. The Bertz CT molecular complexity index is 632. The minimum Gasteiger partial charge on any atom is -0.343 e. The highest BCUT2D eigenvalue weighted by atomic mass is 31.1. The van der Waals surface area contributed by atoms with Gasteiger partial charge in [0.05, 0.1) is 20.6 Å². The number of hydrogen-bond acceptors (Lipinski definition) is 6. The van der Waals surface area contributed by atoms with Gasteiger partial charge >= 0.3 is 0 Å². The number of piperidine rings is 1. The Labute approximate surface area is 157 Å². The molecule has 4 heterocycles. The fourth-order valence-corrected chi connectivity index (χ4v) is 6.63. The normalized spacial score (nSPS) is 27.4. The van der Waals surface area contributed by atoms with Gasteiger partial charge in [0.15, 0.2) is 0 Å². The number of nitrogens with one attached hydrogen (secondary N) is 1. The van der Waals surface area contributed by atoms with E-state index >= 15 is 0 Å². The maximum atomic E-state index is 11.5. The third-order valence-corrected chi connectivity index (χ3v) is 8.09. The van der Waals surface area contributed by atoms with Crippen LogP contribution in [0.25, 0.3) is 0 Å². The molecule has 7 nitrogen and oxygen atoms in total. The van der Waals surface area contributed by atoms with Crippen LogP contribution in [-0.2, 0) is 4.79 Å². The highest BCUT2D eigenvalue weighted by Gasteiger charge is 2.42. The number of aromatic nitrogens is 2. The third kappa shape index (κ3) is 3.45. The van der Waals surface area contributed by atoms with Crippen molar-refractivity contribution < 1.29 is 4.79 Å². The molecule has 3 fully saturated rings. The molecule has 2 unspecified atom stereocenters. The van der Waals surface area contributed by atoms with Crippen molar-refractivity contribution >= 4 is 20.1 Å². The summed E-state index contributed by atoms with van der Waals surface area (Å²) in [5.74, 6) is 1.53. The Balaban J connectivity index is 1.42. The lowest BCUT2D eigenvalue weighted by Gasteiger charge is -2.41. The van der Waals surface area contributed by atoms with Gasteiger partial charge in [0.25, 0.3) is 0 Å². The second kappa shape index (κ2) is 7.37. The van der Waals surface area contributed by atoms with Crippen LogP contribution in [0.15, 0.2) is 12.4 Å². The van der Waals surface area contributed by atoms with Gasteiger partial charge < -0.3 is 9.57 Å². The minimum atomic E-state index is -0.404. The molecule has 1 aromatic rings. The van der Waals surface area contributed by atoms with Crippen molar-refractivity contribution in [1.82, 2.24) is 24.9 Å². The second-order valence-electron chi connectivity index (χ2n) is 7.86. The van der Waals surface area contributed by atoms with Crippen molar-refractivity contribution in [3.63, 3.8) is 0 Å². The lowest BCUT2D eigenvalue weighted by Crippen LogP contribution is -2.48. The van der Waals surface area contributed by atoms with Crippen LogP contribution in [0.3, 0.4) is 0 Å². The number of fused-ring (bicyclic) bond motifs is 2. The first-order chi connectivity index (χ1) is 12.5. The SMILES string of the molecule is CC(=O)N1CCC(c2cnc(N3C4CNP3CN(C(C)C)C4)nc2)CC1. The summed E-state index contributed by atoms with van der Waals surface area (Å²) in [6.07, 6.45) is 7.12.